The van der Waals surface area contributed by atoms with Gasteiger partial charge < -0.3 is 19.6 Å². The maximum absolute atomic E-state index is 5.49. The Bertz CT molecular complexity index is 719. The van der Waals surface area contributed by atoms with Crippen LogP contribution >= 0.6 is 0 Å². The Morgan fingerprint density at radius 3 is 2.90 bits per heavy atom. The molecule has 3 aromatic rings. The van der Waals surface area contributed by atoms with Gasteiger partial charge in [0.1, 0.15) is 11.4 Å². The summed E-state index contributed by atoms with van der Waals surface area (Å²) < 4.78 is 12.0. The van der Waals surface area contributed by atoms with Gasteiger partial charge in [0.15, 0.2) is 0 Å². The molecular formula is C12H13N7O2. The van der Waals surface area contributed by atoms with Crippen LogP contribution in [0.25, 0.3) is 23.1 Å². The fourth-order valence-corrected chi connectivity index (χ4v) is 1.72. The molecule has 9 nitrogen and oxygen atoms in total. The number of hydrogen-bond donors (Lipinski definition) is 1. The standard InChI is InChI=1S/C12H13N7O2/c1-20-10-3-2-8(16-17-10)11-15-12(21-18-11)9-6-19(5-4-13)7-14-9/h2-3,6-7H,4-5,13H2,1H3. The molecule has 2 N–H and O–H groups in total. The molecule has 0 amide bonds. The summed E-state index contributed by atoms with van der Waals surface area (Å²) in [5.41, 5.74) is 6.57. The fourth-order valence-electron chi connectivity index (χ4n) is 1.72. The number of hydrogen-bond acceptors (Lipinski definition) is 8. The molecule has 3 aromatic heterocycles. The van der Waals surface area contributed by atoms with Crippen molar-refractivity contribution in [3.63, 3.8) is 0 Å². The van der Waals surface area contributed by atoms with Crippen molar-refractivity contribution in [1.29, 1.82) is 0 Å². The van der Waals surface area contributed by atoms with Crippen molar-refractivity contribution in [2.24, 2.45) is 5.73 Å². The van der Waals surface area contributed by atoms with Crippen LogP contribution in [0.15, 0.2) is 29.2 Å². The molecule has 3 rings (SSSR count). The van der Waals surface area contributed by atoms with Gasteiger partial charge in [-0.3, -0.25) is 0 Å². The molecule has 0 fully saturated rings. The predicted molar refractivity (Wildman–Crippen MR) is 72.2 cm³/mol. The van der Waals surface area contributed by atoms with Gasteiger partial charge in [0.25, 0.3) is 5.89 Å². The first-order chi connectivity index (χ1) is 10.3. The molecule has 0 aliphatic heterocycles. The summed E-state index contributed by atoms with van der Waals surface area (Å²) in [5.74, 6) is 1.08. The monoisotopic (exact) mass is 287 g/mol. The molecule has 0 bridgehead atoms. The smallest absolute Gasteiger partial charge is 0.278 e. The number of ether oxygens (including phenoxy) is 1. The molecule has 9 heteroatoms. The Morgan fingerprint density at radius 1 is 1.29 bits per heavy atom. The minimum atomic E-state index is 0.318. The molecule has 0 atom stereocenters. The van der Waals surface area contributed by atoms with Gasteiger partial charge in [-0.25, -0.2) is 4.98 Å². The molecule has 0 unspecified atom stereocenters. The topological polar surface area (TPSA) is 118 Å². The molecule has 108 valence electrons. The second kappa shape index (κ2) is 5.67. The molecular weight excluding hydrogens is 274 g/mol. The molecule has 0 spiro atoms. The minimum absolute atomic E-state index is 0.318. The second-order valence-electron chi connectivity index (χ2n) is 4.17. The van der Waals surface area contributed by atoms with Crippen LogP contribution in [0.3, 0.4) is 0 Å². The van der Waals surface area contributed by atoms with E-state index in [1.165, 1.54) is 7.11 Å². The Hall–Kier alpha value is -2.81. The fraction of sp³-hybridized carbons (Fsp3) is 0.250. The van der Waals surface area contributed by atoms with Crippen LogP contribution < -0.4 is 10.5 Å². The normalized spacial score (nSPS) is 10.8. The first-order valence-corrected chi connectivity index (χ1v) is 6.24. The van der Waals surface area contributed by atoms with Crippen LogP contribution in [0.5, 0.6) is 5.88 Å². The molecule has 21 heavy (non-hydrogen) atoms. The van der Waals surface area contributed by atoms with E-state index in [9.17, 15) is 0 Å². The van der Waals surface area contributed by atoms with Gasteiger partial charge in [0, 0.05) is 25.4 Å². The van der Waals surface area contributed by atoms with Crippen LogP contribution in [-0.4, -0.2) is 43.5 Å². The average molecular weight is 287 g/mol. The van der Waals surface area contributed by atoms with Crippen LogP contribution in [-0.2, 0) is 6.54 Å². The Kier molecular flexibility index (Phi) is 3.56. The number of imidazole rings is 1. The lowest BCUT2D eigenvalue weighted by Crippen LogP contribution is -2.07. The zero-order valence-electron chi connectivity index (χ0n) is 11.3. The maximum atomic E-state index is 5.49. The van der Waals surface area contributed by atoms with Crippen molar-refractivity contribution in [3.05, 3.63) is 24.7 Å². The van der Waals surface area contributed by atoms with E-state index in [0.29, 0.717) is 42.1 Å². The zero-order chi connectivity index (χ0) is 14.7. The average Bonchev–Trinajstić information content (AvgIpc) is 3.16. The highest BCUT2D eigenvalue weighted by Crippen LogP contribution is 2.19. The molecule has 0 radical (unpaired) electrons. The van der Waals surface area contributed by atoms with Crippen molar-refractivity contribution < 1.29 is 9.26 Å². The molecule has 0 saturated heterocycles. The van der Waals surface area contributed by atoms with Gasteiger partial charge in [-0.15, -0.1) is 10.2 Å². The van der Waals surface area contributed by atoms with E-state index in [1.807, 2.05) is 4.57 Å². The lowest BCUT2D eigenvalue weighted by atomic mass is 10.4. The summed E-state index contributed by atoms with van der Waals surface area (Å²) >= 11 is 0. The third-order valence-electron chi connectivity index (χ3n) is 2.74. The van der Waals surface area contributed by atoms with Crippen LogP contribution in [0, 0.1) is 0 Å². The highest BCUT2D eigenvalue weighted by molar-refractivity contribution is 5.53. The summed E-state index contributed by atoms with van der Waals surface area (Å²) in [6, 6.07) is 3.38. The summed E-state index contributed by atoms with van der Waals surface area (Å²) in [5, 5.41) is 11.7. The first kappa shape index (κ1) is 13.2. The maximum Gasteiger partial charge on any atom is 0.278 e. The number of aromatic nitrogens is 6. The van der Waals surface area contributed by atoms with Crippen LogP contribution in [0.2, 0.25) is 0 Å². The van der Waals surface area contributed by atoms with E-state index in [2.05, 4.69) is 25.3 Å². The summed E-state index contributed by atoms with van der Waals surface area (Å²) in [6.45, 7) is 1.21. The third kappa shape index (κ3) is 2.72. The number of nitrogens with two attached hydrogens (primary N) is 1. The van der Waals surface area contributed by atoms with E-state index in [0.717, 1.165) is 0 Å². The van der Waals surface area contributed by atoms with Crippen molar-refractivity contribution in [2.45, 2.75) is 6.54 Å². The highest BCUT2D eigenvalue weighted by atomic mass is 16.5. The second-order valence-corrected chi connectivity index (χ2v) is 4.17. The van der Waals surface area contributed by atoms with E-state index < -0.39 is 0 Å². The Labute approximate surface area is 119 Å². The number of nitrogens with zero attached hydrogens (tertiary/aromatic N) is 6. The summed E-state index contributed by atoms with van der Waals surface area (Å²) in [4.78, 5) is 8.45. The SMILES string of the molecule is COc1ccc(-c2noc(-c3cn(CCN)cn3)n2)nn1. The van der Waals surface area contributed by atoms with Gasteiger partial charge >= 0.3 is 0 Å². The van der Waals surface area contributed by atoms with Gasteiger partial charge in [-0.1, -0.05) is 5.16 Å². The van der Waals surface area contributed by atoms with Crippen LogP contribution in [0.1, 0.15) is 0 Å². The van der Waals surface area contributed by atoms with Crippen LogP contribution in [0.4, 0.5) is 0 Å². The summed E-state index contributed by atoms with van der Waals surface area (Å²) in [7, 11) is 1.52. The van der Waals surface area contributed by atoms with E-state index in [4.69, 9.17) is 15.0 Å². The predicted octanol–water partition coefficient (Wildman–Crippen LogP) is 0.357. The quantitative estimate of drug-likeness (QED) is 0.714. The summed E-state index contributed by atoms with van der Waals surface area (Å²) in [6.07, 6.45) is 3.46. The molecule has 0 saturated carbocycles. The Balaban J connectivity index is 1.84. The van der Waals surface area contributed by atoms with Crippen molar-refractivity contribution in [2.75, 3.05) is 13.7 Å². The minimum Gasteiger partial charge on any atom is -0.480 e. The van der Waals surface area contributed by atoms with Crippen molar-refractivity contribution >= 4 is 0 Å². The van der Waals surface area contributed by atoms with E-state index in [-0.39, 0.29) is 0 Å². The molecule has 0 aromatic carbocycles. The van der Waals surface area contributed by atoms with E-state index in [1.54, 1.807) is 24.7 Å². The van der Waals surface area contributed by atoms with Gasteiger partial charge in [-0.05, 0) is 6.07 Å². The van der Waals surface area contributed by atoms with E-state index >= 15 is 0 Å². The Morgan fingerprint density at radius 2 is 2.19 bits per heavy atom. The molecule has 0 aliphatic rings. The highest BCUT2D eigenvalue weighted by Gasteiger charge is 2.14. The zero-order valence-corrected chi connectivity index (χ0v) is 11.3. The third-order valence-corrected chi connectivity index (χ3v) is 2.74. The first-order valence-electron chi connectivity index (χ1n) is 6.24. The van der Waals surface area contributed by atoms with Gasteiger partial charge in [0.05, 0.1) is 13.4 Å². The van der Waals surface area contributed by atoms with Crippen molar-refractivity contribution in [1.82, 2.24) is 29.9 Å². The van der Waals surface area contributed by atoms with Gasteiger partial charge in [-0.2, -0.15) is 4.98 Å². The lowest BCUT2D eigenvalue weighted by molar-refractivity contribution is 0.392. The van der Waals surface area contributed by atoms with Crippen molar-refractivity contribution in [3.8, 4) is 29.0 Å². The molecule has 0 aliphatic carbocycles. The largest absolute Gasteiger partial charge is 0.480 e. The number of rotatable bonds is 5. The lowest BCUT2D eigenvalue weighted by Gasteiger charge is -1.96. The van der Waals surface area contributed by atoms with Gasteiger partial charge in [0.2, 0.25) is 11.7 Å². The number of methoxy groups -OCH3 is 1. The molecule has 3 heterocycles.